The van der Waals surface area contributed by atoms with Crippen LogP contribution in [0.5, 0.6) is 5.75 Å². The number of hydrogen-bond acceptors (Lipinski definition) is 5. The maximum Gasteiger partial charge on any atom is 0.243 e. The van der Waals surface area contributed by atoms with Gasteiger partial charge in [0, 0.05) is 22.9 Å². The summed E-state index contributed by atoms with van der Waals surface area (Å²) in [6.45, 7) is 4.61. The zero-order valence-electron chi connectivity index (χ0n) is 17.7. The first-order chi connectivity index (χ1) is 14.4. The largest absolute Gasteiger partial charge is 0.494 e. The molecule has 166 valence electrons. The van der Waals surface area contributed by atoms with E-state index in [0.717, 1.165) is 36.9 Å². The van der Waals surface area contributed by atoms with Gasteiger partial charge >= 0.3 is 0 Å². The molecule has 7 nitrogen and oxygen atoms in total. The first-order valence-electron chi connectivity index (χ1n) is 10.6. The van der Waals surface area contributed by atoms with Crippen molar-refractivity contribution < 1.29 is 19.1 Å². The van der Waals surface area contributed by atoms with Gasteiger partial charge in [-0.15, -0.1) is 0 Å². The van der Waals surface area contributed by atoms with Gasteiger partial charge in [0.05, 0.1) is 18.7 Å². The molecule has 0 aromatic heterocycles. The lowest BCUT2D eigenvalue weighted by molar-refractivity contribution is -0.131. The van der Waals surface area contributed by atoms with Gasteiger partial charge in [-0.3, -0.25) is 9.59 Å². The van der Waals surface area contributed by atoms with Crippen LogP contribution in [0.1, 0.15) is 51.5 Å². The number of halogens is 1. The SMILES string of the molecule is CC(C)C[C@@H]1NC(=O)[C@@H](NI)Cc2ccc(cc2)OCCCCC[C@@H](C=O)NC1=O. The second-order valence-corrected chi connectivity index (χ2v) is 8.77. The van der Waals surface area contributed by atoms with Gasteiger partial charge in [0.1, 0.15) is 18.1 Å². The molecule has 0 saturated heterocycles. The molecule has 0 unspecified atom stereocenters. The lowest BCUT2D eigenvalue weighted by Gasteiger charge is -2.24. The molecular formula is C22H32IN3O4. The van der Waals surface area contributed by atoms with E-state index in [-0.39, 0.29) is 17.7 Å². The van der Waals surface area contributed by atoms with Crippen molar-refractivity contribution in [2.24, 2.45) is 5.92 Å². The average Bonchev–Trinajstić information content (AvgIpc) is 2.72. The number of ether oxygens (including phenoxy) is 1. The Morgan fingerprint density at radius 2 is 1.87 bits per heavy atom. The number of fused-ring (bicyclic) bond motifs is 15. The molecule has 0 aliphatic carbocycles. The van der Waals surface area contributed by atoms with Crippen molar-refractivity contribution in [3.05, 3.63) is 29.8 Å². The van der Waals surface area contributed by atoms with Crippen LogP contribution in [0.2, 0.25) is 0 Å². The fourth-order valence-electron chi connectivity index (χ4n) is 3.40. The van der Waals surface area contributed by atoms with Crippen molar-refractivity contribution in [3.63, 3.8) is 0 Å². The number of carbonyl (C=O) groups is 3. The van der Waals surface area contributed by atoms with Crippen molar-refractivity contribution in [3.8, 4) is 5.75 Å². The molecule has 2 amide bonds. The second kappa shape index (κ2) is 12.9. The maximum atomic E-state index is 12.9. The predicted molar refractivity (Wildman–Crippen MR) is 124 cm³/mol. The molecule has 3 N–H and O–H groups in total. The highest BCUT2D eigenvalue weighted by atomic mass is 127. The second-order valence-electron chi connectivity index (χ2n) is 8.15. The van der Waals surface area contributed by atoms with Crippen LogP contribution in [-0.2, 0) is 20.8 Å². The van der Waals surface area contributed by atoms with Gasteiger partial charge < -0.3 is 20.2 Å². The molecule has 2 aliphatic rings. The molecule has 1 aromatic carbocycles. The molecule has 2 aliphatic heterocycles. The fourth-order valence-corrected chi connectivity index (χ4v) is 3.91. The third-order valence-corrected chi connectivity index (χ3v) is 5.82. The van der Waals surface area contributed by atoms with Crippen molar-refractivity contribution in [1.82, 2.24) is 14.2 Å². The molecule has 2 bridgehead atoms. The molecule has 0 fully saturated rings. The van der Waals surface area contributed by atoms with E-state index in [1.807, 2.05) is 61.0 Å². The van der Waals surface area contributed by atoms with E-state index in [4.69, 9.17) is 4.74 Å². The molecule has 1 aromatic rings. The van der Waals surface area contributed by atoms with Gasteiger partial charge in [-0.25, -0.2) is 3.53 Å². The van der Waals surface area contributed by atoms with Crippen molar-refractivity contribution >= 4 is 41.0 Å². The molecule has 0 spiro atoms. The first kappa shape index (κ1) is 24.6. The summed E-state index contributed by atoms with van der Waals surface area (Å²) >= 11 is 1.96. The molecule has 2 heterocycles. The highest BCUT2D eigenvalue weighted by molar-refractivity contribution is 14.1. The Balaban J connectivity index is 2.20. The van der Waals surface area contributed by atoms with E-state index in [9.17, 15) is 14.4 Å². The highest BCUT2D eigenvalue weighted by Crippen LogP contribution is 2.16. The van der Waals surface area contributed by atoms with E-state index in [1.54, 1.807) is 0 Å². The van der Waals surface area contributed by atoms with Crippen molar-refractivity contribution in [1.29, 1.82) is 0 Å². The summed E-state index contributed by atoms with van der Waals surface area (Å²) in [6, 6.07) is 6.03. The van der Waals surface area contributed by atoms with Crippen LogP contribution in [-0.4, -0.2) is 42.8 Å². The molecule has 0 radical (unpaired) electrons. The van der Waals surface area contributed by atoms with Crippen LogP contribution < -0.4 is 18.9 Å². The van der Waals surface area contributed by atoms with Crippen LogP contribution in [0, 0.1) is 5.92 Å². The maximum absolute atomic E-state index is 12.9. The summed E-state index contributed by atoms with van der Waals surface area (Å²) in [5.41, 5.74) is 0.999. The molecule has 30 heavy (non-hydrogen) atoms. The zero-order chi connectivity index (χ0) is 21.9. The molecule has 8 heteroatoms. The highest BCUT2D eigenvalue weighted by Gasteiger charge is 2.27. The third-order valence-electron chi connectivity index (χ3n) is 5.07. The lowest BCUT2D eigenvalue weighted by atomic mass is 10.0. The Morgan fingerprint density at radius 1 is 1.13 bits per heavy atom. The summed E-state index contributed by atoms with van der Waals surface area (Å²) in [5, 5.41) is 5.68. The summed E-state index contributed by atoms with van der Waals surface area (Å²) in [6.07, 6.45) is 4.95. The predicted octanol–water partition coefficient (Wildman–Crippen LogP) is 2.70. The van der Waals surface area contributed by atoms with Crippen molar-refractivity contribution in [2.75, 3.05) is 6.61 Å². The van der Waals surface area contributed by atoms with E-state index >= 15 is 0 Å². The van der Waals surface area contributed by atoms with Crippen molar-refractivity contribution in [2.45, 2.75) is 70.5 Å². The topological polar surface area (TPSA) is 96.5 Å². The van der Waals surface area contributed by atoms with Crippen LogP contribution in [0.15, 0.2) is 24.3 Å². The Labute approximate surface area is 192 Å². The van der Waals surface area contributed by atoms with Crippen LogP contribution in [0.25, 0.3) is 0 Å². The van der Waals surface area contributed by atoms with E-state index < -0.39 is 18.1 Å². The smallest absolute Gasteiger partial charge is 0.243 e. The van der Waals surface area contributed by atoms with Crippen LogP contribution in [0.3, 0.4) is 0 Å². The minimum absolute atomic E-state index is 0.215. The monoisotopic (exact) mass is 529 g/mol. The lowest BCUT2D eigenvalue weighted by Crippen LogP contribution is -2.54. The normalized spacial score (nSPS) is 24.3. The van der Waals surface area contributed by atoms with Crippen LogP contribution >= 0.6 is 22.9 Å². The molecular weight excluding hydrogens is 497 g/mol. The van der Waals surface area contributed by atoms with Gasteiger partial charge in [0.15, 0.2) is 0 Å². The summed E-state index contributed by atoms with van der Waals surface area (Å²) in [4.78, 5) is 37.2. The number of amides is 2. The van der Waals surface area contributed by atoms with E-state index in [2.05, 4.69) is 14.2 Å². The number of hydrogen-bond donors (Lipinski definition) is 3. The van der Waals surface area contributed by atoms with E-state index in [1.165, 1.54) is 0 Å². The molecule has 0 saturated carbocycles. The van der Waals surface area contributed by atoms with E-state index in [0.29, 0.717) is 25.9 Å². The Morgan fingerprint density at radius 3 is 2.50 bits per heavy atom. The van der Waals surface area contributed by atoms with Gasteiger partial charge in [-0.2, -0.15) is 0 Å². The summed E-state index contributed by atoms with van der Waals surface area (Å²) in [7, 11) is 0. The van der Waals surface area contributed by atoms with Gasteiger partial charge in [0.2, 0.25) is 11.8 Å². The third kappa shape index (κ3) is 8.22. The summed E-state index contributed by atoms with van der Waals surface area (Å²) < 4.78 is 8.77. The fraction of sp³-hybridized carbons (Fsp3) is 0.591. The summed E-state index contributed by atoms with van der Waals surface area (Å²) in [5.74, 6) is 0.468. The number of aldehydes is 1. The quantitative estimate of drug-likeness (QED) is 0.317. The Bertz CT molecular complexity index is 696. The number of nitrogens with one attached hydrogen (secondary N) is 3. The Kier molecular flexibility index (Phi) is 10.6. The Hall–Kier alpha value is -1.68. The molecule has 3 atom stereocenters. The standard InChI is InChI=1S/C22H32IN3O4/c1-15(2)12-19-21(28)24-17(14-27)6-4-3-5-11-30-18-9-7-16(8-10-18)13-20(26-23)22(29)25-19/h7-10,14-15,17,19-20,26H,3-6,11-13H2,1-2H3,(H,24,28)(H,25,29)/t17-,19-,20-/m0/s1. The van der Waals surface area contributed by atoms with Gasteiger partial charge in [-0.05, 0) is 55.7 Å². The van der Waals surface area contributed by atoms with Gasteiger partial charge in [-0.1, -0.05) is 32.4 Å². The van der Waals surface area contributed by atoms with Gasteiger partial charge in [0.25, 0.3) is 0 Å². The average molecular weight is 529 g/mol. The minimum atomic E-state index is -0.679. The number of benzene rings is 1. The molecule has 3 rings (SSSR count). The zero-order valence-corrected chi connectivity index (χ0v) is 19.8. The number of carbonyl (C=O) groups excluding carboxylic acids is 3. The minimum Gasteiger partial charge on any atom is -0.494 e. The van der Waals surface area contributed by atoms with Crippen LogP contribution in [0.4, 0.5) is 0 Å². The number of rotatable bonds is 4. The first-order valence-corrected chi connectivity index (χ1v) is 11.6.